The van der Waals surface area contributed by atoms with Gasteiger partial charge >= 0.3 is 0 Å². The molecular formula is C9H20O6. The van der Waals surface area contributed by atoms with Gasteiger partial charge in [-0.15, -0.1) is 0 Å². The third-order valence-electron chi connectivity index (χ3n) is 2.51. The molecule has 6 N–H and O–H groups in total. The number of hydrogen-bond donors (Lipinski definition) is 6. The van der Waals surface area contributed by atoms with Crippen LogP contribution in [-0.2, 0) is 0 Å². The average Bonchev–Trinajstić information content (AvgIpc) is 2.27. The molecule has 0 aliphatic heterocycles. The van der Waals surface area contributed by atoms with Gasteiger partial charge in [-0.05, 0) is 6.42 Å². The van der Waals surface area contributed by atoms with E-state index in [1.807, 2.05) is 0 Å². The van der Waals surface area contributed by atoms with E-state index in [1.165, 1.54) is 0 Å². The molecule has 4 unspecified atom stereocenters. The van der Waals surface area contributed by atoms with E-state index >= 15 is 0 Å². The van der Waals surface area contributed by atoms with Gasteiger partial charge in [0.05, 0.1) is 25.4 Å². The fourth-order valence-electron chi connectivity index (χ4n) is 1.47. The van der Waals surface area contributed by atoms with Crippen molar-refractivity contribution in [2.45, 2.75) is 37.8 Å². The maximum absolute atomic E-state index is 9.53. The second kappa shape index (κ2) is 7.10. The van der Waals surface area contributed by atoms with Gasteiger partial charge < -0.3 is 30.6 Å². The van der Waals surface area contributed by atoms with Crippen molar-refractivity contribution in [2.75, 3.05) is 13.2 Å². The van der Waals surface area contributed by atoms with Gasteiger partial charge in [0.2, 0.25) is 0 Å². The molecule has 0 bridgehead atoms. The molecule has 0 rings (SSSR count). The normalized spacial score (nSPS) is 21.8. The molecule has 0 amide bonds. The molecule has 92 valence electrons. The summed E-state index contributed by atoms with van der Waals surface area (Å²) in [5, 5.41) is 54.7. The Morgan fingerprint density at radius 2 is 1.13 bits per heavy atom. The van der Waals surface area contributed by atoms with E-state index in [-0.39, 0.29) is 0 Å². The highest BCUT2D eigenvalue weighted by molar-refractivity contribution is 4.83. The average molecular weight is 224 g/mol. The van der Waals surface area contributed by atoms with Crippen LogP contribution in [0.5, 0.6) is 0 Å². The van der Waals surface area contributed by atoms with Crippen LogP contribution in [0.3, 0.4) is 0 Å². The molecule has 15 heavy (non-hydrogen) atoms. The Morgan fingerprint density at radius 1 is 0.800 bits per heavy atom. The van der Waals surface area contributed by atoms with Gasteiger partial charge in [-0.25, -0.2) is 0 Å². The van der Waals surface area contributed by atoms with Crippen molar-refractivity contribution in [2.24, 2.45) is 5.92 Å². The Kier molecular flexibility index (Phi) is 6.99. The van der Waals surface area contributed by atoms with Gasteiger partial charge in [0, 0.05) is 5.92 Å². The zero-order chi connectivity index (χ0) is 12.0. The summed E-state index contributed by atoms with van der Waals surface area (Å²) in [7, 11) is 0. The molecule has 0 saturated carbocycles. The highest BCUT2D eigenvalue weighted by atomic mass is 16.4. The van der Waals surface area contributed by atoms with Crippen LogP contribution in [0.1, 0.15) is 13.3 Å². The lowest BCUT2D eigenvalue weighted by Crippen LogP contribution is -2.46. The van der Waals surface area contributed by atoms with Gasteiger partial charge in [-0.2, -0.15) is 0 Å². The number of hydrogen-bond acceptors (Lipinski definition) is 6. The number of aliphatic hydroxyl groups excluding tert-OH is 6. The lowest BCUT2D eigenvalue weighted by Gasteiger charge is -2.30. The SMILES string of the molecule is CCC(C(O)C(O)CO)C(O)C(O)CO. The Labute approximate surface area is 88.4 Å². The van der Waals surface area contributed by atoms with Crippen molar-refractivity contribution < 1.29 is 30.6 Å². The summed E-state index contributed by atoms with van der Waals surface area (Å²) in [4.78, 5) is 0. The Bertz CT molecular complexity index is 149. The largest absolute Gasteiger partial charge is 0.394 e. The predicted molar refractivity (Wildman–Crippen MR) is 52.0 cm³/mol. The molecule has 6 nitrogen and oxygen atoms in total. The van der Waals surface area contributed by atoms with Crippen LogP contribution in [0, 0.1) is 5.92 Å². The molecule has 0 aliphatic rings. The van der Waals surface area contributed by atoms with Crippen LogP contribution in [0.2, 0.25) is 0 Å². The van der Waals surface area contributed by atoms with Gasteiger partial charge in [0.1, 0.15) is 12.2 Å². The molecule has 0 radical (unpaired) electrons. The summed E-state index contributed by atoms with van der Waals surface area (Å²) in [6.07, 6.45) is -5.10. The van der Waals surface area contributed by atoms with Crippen LogP contribution in [0.4, 0.5) is 0 Å². The predicted octanol–water partition coefficient (Wildman–Crippen LogP) is -2.56. The van der Waals surface area contributed by atoms with E-state index in [2.05, 4.69) is 0 Å². The first-order valence-electron chi connectivity index (χ1n) is 4.93. The van der Waals surface area contributed by atoms with Crippen molar-refractivity contribution in [1.82, 2.24) is 0 Å². The summed E-state index contributed by atoms with van der Waals surface area (Å²) in [6.45, 7) is 0.407. The first-order chi connectivity index (χ1) is 6.99. The maximum atomic E-state index is 9.53. The van der Waals surface area contributed by atoms with E-state index in [0.717, 1.165) is 0 Å². The van der Waals surface area contributed by atoms with Crippen LogP contribution in [0.15, 0.2) is 0 Å². The molecule has 0 fully saturated rings. The van der Waals surface area contributed by atoms with E-state index < -0.39 is 43.5 Å². The van der Waals surface area contributed by atoms with Crippen molar-refractivity contribution in [1.29, 1.82) is 0 Å². The molecule has 0 spiro atoms. The summed E-state index contributed by atoms with van der Waals surface area (Å²) in [5.74, 6) is -0.797. The highest BCUT2D eigenvalue weighted by Gasteiger charge is 2.33. The maximum Gasteiger partial charge on any atom is 0.103 e. The number of aliphatic hydroxyl groups is 6. The minimum Gasteiger partial charge on any atom is -0.394 e. The van der Waals surface area contributed by atoms with E-state index in [1.54, 1.807) is 6.92 Å². The highest BCUT2D eigenvalue weighted by Crippen LogP contribution is 2.19. The molecule has 0 saturated heterocycles. The smallest absolute Gasteiger partial charge is 0.103 e. The molecule has 0 aromatic heterocycles. The van der Waals surface area contributed by atoms with Crippen LogP contribution >= 0.6 is 0 Å². The van der Waals surface area contributed by atoms with E-state index in [9.17, 15) is 20.4 Å². The zero-order valence-corrected chi connectivity index (χ0v) is 8.69. The Balaban J connectivity index is 4.45. The quantitative estimate of drug-likeness (QED) is 0.283. The Hall–Kier alpha value is -0.240. The van der Waals surface area contributed by atoms with Crippen molar-refractivity contribution in [3.63, 3.8) is 0 Å². The molecule has 0 heterocycles. The topological polar surface area (TPSA) is 121 Å². The first-order valence-corrected chi connectivity index (χ1v) is 4.93. The van der Waals surface area contributed by atoms with Crippen molar-refractivity contribution >= 4 is 0 Å². The van der Waals surface area contributed by atoms with Crippen LogP contribution in [-0.4, -0.2) is 68.3 Å². The second-order valence-electron chi connectivity index (χ2n) is 3.55. The van der Waals surface area contributed by atoms with E-state index in [0.29, 0.717) is 6.42 Å². The minimum absolute atomic E-state index is 0.302. The third kappa shape index (κ3) is 4.02. The monoisotopic (exact) mass is 224 g/mol. The summed E-state index contributed by atoms with van der Waals surface area (Å²) < 4.78 is 0. The summed E-state index contributed by atoms with van der Waals surface area (Å²) in [5.41, 5.74) is 0. The third-order valence-corrected chi connectivity index (χ3v) is 2.51. The lowest BCUT2D eigenvalue weighted by molar-refractivity contribution is -0.111. The van der Waals surface area contributed by atoms with Gasteiger partial charge in [-0.3, -0.25) is 0 Å². The van der Waals surface area contributed by atoms with Crippen LogP contribution < -0.4 is 0 Å². The second-order valence-corrected chi connectivity index (χ2v) is 3.55. The van der Waals surface area contributed by atoms with Gasteiger partial charge in [0.25, 0.3) is 0 Å². The minimum atomic E-state index is -1.37. The van der Waals surface area contributed by atoms with Crippen molar-refractivity contribution in [3.05, 3.63) is 0 Å². The van der Waals surface area contributed by atoms with Crippen molar-refractivity contribution in [3.8, 4) is 0 Å². The molecule has 0 aromatic carbocycles. The van der Waals surface area contributed by atoms with Gasteiger partial charge in [0.15, 0.2) is 0 Å². The zero-order valence-electron chi connectivity index (χ0n) is 8.69. The fraction of sp³-hybridized carbons (Fsp3) is 1.00. The Morgan fingerprint density at radius 3 is 1.33 bits per heavy atom. The number of rotatable bonds is 7. The van der Waals surface area contributed by atoms with Gasteiger partial charge in [-0.1, -0.05) is 6.92 Å². The first kappa shape index (κ1) is 14.8. The molecular weight excluding hydrogens is 204 g/mol. The van der Waals surface area contributed by atoms with E-state index in [4.69, 9.17) is 10.2 Å². The standard InChI is InChI=1S/C9H20O6/c1-2-5(8(14)6(12)3-10)9(15)7(13)4-11/h5-15H,2-4H2,1H3. The summed E-state index contributed by atoms with van der Waals surface area (Å²) >= 11 is 0. The summed E-state index contributed by atoms with van der Waals surface area (Å²) in [6, 6.07) is 0. The molecule has 4 atom stereocenters. The lowest BCUT2D eigenvalue weighted by atomic mass is 9.87. The molecule has 6 heteroatoms. The molecule has 0 aromatic rings. The van der Waals surface area contributed by atoms with Crippen LogP contribution in [0.25, 0.3) is 0 Å². The fourth-order valence-corrected chi connectivity index (χ4v) is 1.47. The molecule has 0 aliphatic carbocycles.